The van der Waals surface area contributed by atoms with Crippen molar-refractivity contribution in [3.63, 3.8) is 0 Å². The lowest BCUT2D eigenvalue weighted by Gasteiger charge is -2.13. The molecule has 5 heteroatoms. The van der Waals surface area contributed by atoms with Gasteiger partial charge in [-0.2, -0.15) is 0 Å². The van der Waals surface area contributed by atoms with Crippen molar-refractivity contribution in [1.29, 1.82) is 0 Å². The summed E-state index contributed by atoms with van der Waals surface area (Å²) < 4.78 is 19.2. The molecule has 0 amide bonds. The fourth-order valence-electron chi connectivity index (χ4n) is 2.05. The normalized spacial score (nSPS) is 23.7. The van der Waals surface area contributed by atoms with Gasteiger partial charge in [0.2, 0.25) is 0 Å². The smallest absolute Gasteiger partial charge is 0.302 e. The number of rotatable bonds is 2. The van der Waals surface area contributed by atoms with E-state index in [9.17, 15) is 9.18 Å². The summed E-state index contributed by atoms with van der Waals surface area (Å²) in [5.74, 6) is -0.545. The molecule has 2 unspecified atom stereocenters. The number of carbonyl (C=O) groups is 1. The van der Waals surface area contributed by atoms with Gasteiger partial charge in [0.1, 0.15) is 11.9 Å². The third kappa shape index (κ3) is 3.04. The number of halogens is 2. The molecule has 2 rings (SSSR count). The monoisotopic (exact) mass is 301 g/mol. The molecule has 92 valence electrons. The molecule has 1 N–H and O–H groups in total. The van der Waals surface area contributed by atoms with E-state index in [1.54, 1.807) is 6.07 Å². The molecule has 1 heterocycles. The number of hydrogen-bond acceptors (Lipinski definition) is 3. The first kappa shape index (κ1) is 12.5. The molecule has 1 aliphatic rings. The molecule has 1 aliphatic heterocycles. The molecular weight excluding hydrogens is 289 g/mol. The summed E-state index contributed by atoms with van der Waals surface area (Å²) in [6.45, 7) is 2.00. The van der Waals surface area contributed by atoms with Crippen molar-refractivity contribution in [2.75, 3.05) is 6.54 Å². The summed E-state index contributed by atoms with van der Waals surface area (Å²) in [7, 11) is 0. The fraction of sp³-hybridized carbons (Fsp3) is 0.417. The standard InChI is InChI=1S/C12H13BrFNO2/c1-7(16)17-9-5-12(15-6-9)10-4-8(14)2-3-11(10)13/h2-4,9,12,15H,5-6H2,1H3. The zero-order valence-corrected chi connectivity index (χ0v) is 11.0. The summed E-state index contributed by atoms with van der Waals surface area (Å²) in [5.41, 5.74) is 0.861. The van der Waals surface area contributed by atoms with E-state index in [4.69, 9.17) is 4.74 Å². The van der Waals surface area contributed by atoms with E-state index < -0.39 is 0 Å². The van der Waals surface area contributed by atoms with E-state index >= 15 is 0 Å². The highest BCUT2D eigenvalue weighted by Gasteiger charge is 2.28. The Morgan fingerprint density at radius 2 is 2.35 bits per heavy atom. The van der Waals surface area contributed by atoms with Crippen molar-refractivity contribution in [2.24, 2.45) is 0 Å². The highest BCUT2D eigenvalue weighted by atomic mass is 79.9. The lowest BCUT2D eigenvalue weighted by Crippen LogP contribution is -2.19. The first-order valence-corrected chi connectivity index (χ1v) is 6.21. The van der Waals surface area contributed by atoms with Crippen LogP contribution < -0.4 is 5.32 Å². The first-order chi connectivity index (χ1) is 8.06. The third-order valence-electron chi connectivity index (χ3n) is 2.76. The molecule has 0 aromatic heterocycles. The summed E-state index contributed by atoms with van der Waals surface area (Å²) in [4.78, 5) is 10.8. The van der Waals surface area contributed by atoms with Crippen molar-refractivity contribution >= 4 is 21.9 Å². The van der Waals surface area contributed by atoms with Crippen LogP contribution in [0.3, 0.4) is 0 Å². The number of ether oxygens (including phenoxy) is 1. The summed E-state index contributed by atoms with van der Waals surface area (Å²) in [5, 5.41) is 3.22. The predicted octanol–water partition coefficient (Wildman–Crippen LogP) is 2.55. The number of carbonyl (C=O) groups excluding carboxylic acids is 1. The van der Waals surface area contributed by atoms with E-state index in [0.29, 0.717) is 13.0 Å². The van der Waals surface area contributed by atoms with Gasteiger partial charge in [-0.3, -0.25) is 4.79 Å². The van der Waals surface area contributed by atoms with Gasteiger partial charge < -0.3 is 10.1 Å². The van der Waals surface area contributed by atoms with E-state index in [1.165, 1.54) is 19.1 Å². The van der Waals surface area contributed by atoms with Crippen LogP contribution in [0.15, 0.2) is 22.7 Å². The minimum absolute atomic E-state index is 0.0180. The molecule has 1 saturated heterocycles. The van der Waals surface area contributed by atoms with Crippen molar-refractivity contribution in [1.82, 2.24) is 5.32 Å². The summed E-state index contributed by atoms with van der Waals surface area (Å²) in [6.07, 6.45) is 0.536. The molecule has 0 radical (unpaired) electrons. The van der Waals surface area contributed by atoms with Crippen molar-refractivity contribution in [3.05, 3.63) is 34.1 Å². The molecule has 3 nitrogen and oxygen atoms in total. The van der Waals surface area contributed by atoms with Crippen molar-refractivity contribution in [2.45, 2.75) is 25.5 Å². The first-order valence-electron chi connectivity index (χ1n) is 5.42. The Kier molecular flexibility index (Phi) is 3.79. The highest BCUT2D eigenvalue weighted by Crippen LogP contribution is 2.31. The van der Waals surface area contributed by atoms with Gasteiger partial charge in [0.25, 0.3) is 0 Å². The van der Waals surface area contributed by atoms with Crippen LogP contribution in [0.2, 0.25) is 0 Å². The quantitative estimate of drug-likeness (QED) is 0.853. The fourth-order valence-corrected chi connectivity index (χ4v) is 2.57. The molecule has 1 aromatic rings. The maximum absolute atomic E-state index is 13.2. The van der Waals surface area contributed by atoms with Crippen LogP contribution in [-0.2, 0) is 9.53 Å². The van der Waals surface area contributed by atoms with Crippen LogP contribution in [-0.4, -0.2) is 18.6 Å². The van der Waals surface area contributed by atoms with E-state index in [0.717, 1.165) is 10.0 Å². The Bertz CT molecular complexity index is 439. The topological polar surface area (TPSA) is 38.3 Å². The van der Waals surface area contributed by atoms with Crippen LogP contribution >= 0.6 is 15.9 Å². The minimum Gasteiger partial charge on any atom is -0.461 e. The average Bonchev–Trinajstić information content (AvgIpc) is 2.69. The minimum atomic E-state index is -0.282. The van der Waals surface area contributed by atoms with Gasteiger partial charge in [0.15, 0.2) is 0 Å². The van der Waals surface area contributed by atoms with Gasteiger partial charge in [-0.1, -0.05) is 15.9 Å². The van der Waals surface area contributed by atoms with Crippen LogP contribution in [0.4, 0.5) is 4.39 Å². The highest BCUT2D eigenvalue weighted by molar-refractivity contribution is 9.10. The van der Waals surface area contributed by atoms with Crippen molar-refractivity contribution < 1.29 is 13.9 Å². The lowest BCUT2D eigenvalue weighted by atomic mass is 10.0. The van der Waals surface area contributed by atoms with Crippen LogP contribution in [0.1, 0.15) is 24.9 Å². The average molecular weight is 302 g/mol. The molecule has 1 fully saturated rings. The SMILES string of the molecule is CC(=O)OC1CNC(c2cc(F)ccc2Br)C1. The Morgan fingerprint density at radius 3 is 3.06 bits per heavy atom. The van der Waals surface area contributed by atoms with Gasteiger partial charge >= 0.3 is 5.97 Å². The molecule has 0 aliphatic carbocycles. The second kappa shape index (κ2) is 5.14. The van der Waals surface area contributed by atoms with Gasteiger partial charge in [-0.15, -0.1) is 0 Å². The molecule has 0 bridgehead atoms. The molecule has 17 heavy (non-hydrogen) atoms. The molecule has 0 saturated carbocycles. The summed E-state index contributed by atoms with van der Waals surface area (Å²) >= 11 is 3.40. The van der Waals surface area contributed by atoms with Gasteiger partial charge in [-0.05, 0) is 23.8 Å². The number of benzene rings is 1. The zero-order valence-electron chi connectivity index (χ0n) is 9.37. The Morgan fingerprint density at radius 1 is 1.59 bits per heavy atom. The molecule has 0 spiro atoms. The van der Waals surface area contributed by atoms with Crippen molar-refractivity contribution in [3.8, 4) is 0 Å². The maximum Gasteiger partial charge on any atom is 0.302 e. The molecule has 2 atom stereocenters. The van der Waals surface area contributed by atoms with E-state index in [2.05, 4.69) is 21.2 Å². The zero-order chi connectivity index (χ0) is 12.4. The summed E-state index contributed by atoms with van der Waals surface area (Å²) in [6, 6.07) is 4.61. The second-order valence-corrected chi connectivity index (χ2v) is 4.95. The lowest BCUT2D eigenvalue weighted by molar-refractivity contribution is -0.145. The van der Waals surface area contributed by atoms with E-state index in [-0.39, 0.29) is 23.9 Å². The van der Waals surface area contributed by atoms with Crippen LogP contribution in [0, 0.1) is 5.82 Å². The van der Waals surface area contributed by atoms with Crippen LogP contribution in [0.5, 0.6) is 0 Å². The maximum atomic E-state index is 13.2. The number of esters is 1. The second-order valence-electron chi connectivity index (χ2n) is 4.09. The molecule has 1 aromatic carbocycles. The van der Waals surface area contributed by atoms with E-state index in [1.807, 2.05) is 0 Å². The number of hydrogen-bond donors (Lipinski definition) is 1. The predicted molar refractivity (Wildman–Crippen MR) is 65.0 cm³/mol. The van der Waals surface area contributed by atoms with Gasteiger partial charge in [-0.25, -0.2) is 4.39 Å². The Balaban J connectivity index is 2.09. The van der Waals surface area contributed by atoms with Crippen LogP contribution in [0.25, 0.3) is 0 Å². The Labute approximate surface area is 107 Å². The largest absolute Gasteiger partial charge is 0.461 e. The van der Waals surface area contributed by atoms with Gasteiger partial charge in [0.05, 0.1) is 0 Å². The molecular formula is C12H13BrFNO2. The van der Waals surface area contributed by atoms with Gasteiger partial charge in [0, 0.05) is 30.4 Å². The number of nitrogens with one attached hydrogen (secondary N) is 1. The third-order valence-corrected chi connectivity index (χ3v) is 3.48. The Hall–Kier alpha value is -0.940.